The molecule has 0 amide bonds. The number of rotatable bonds is 5. The van der Waals surface area contributed by atoms with E-state index in [4.69, 9.17) is 4.74 Å². The standard InChI is InChI=1S/C12H15N3O/c1-13-6-7-16-12-4-2-10(3-5-12)11-8-14-15-9-11/h2-5,8-9,13H,6-7H2,1H3,(H,14,15). The predicted octanol–water partition coefficient (Wildman–Crippen LogP) is 1.67. The second-order valence-corrected chi connectivity index (χ2v) is 3.46. The topological polar surface area (TPSA) is 49.9 Å². The first kappa shape index (κ1) is 10.7. The van der Waals surface area contributed by atoms with Crippen LogP contribution in [0.1, 0.15) is 0 Å². The Morgan fingerprint density at radius 2 is 2.06 bits per heavy atom. The summed E-state index contributed by atoms with van der Waals surface area (Å²) in [5.41, 5.74) is 2.22. The molecule has 0 radical (unpaired) electrons. The molecule has 0 fully saturated rings. The largest absolute Gasteiger partial charge is 0.492 e. The van der Waals surface area contributed by atoms with Crippen molar-refractivity contribution in [2.75, 3.05) is 20.2 Å². The third kappa shape index (κ3) is 2.61. The summed E-state index contributed by atoms with van der Waals surface area (Å²) in [6.45, 7) is 1.53. The van der Waals surface area contributed by atoms with Gasteiger partial charge in [-0.25, -0.2) is 0 Å². The average Bonchev–Trinajstić information content (AvgIpc) is 2.84. The third-order valence-electron chi connectivity index (χ3n) is 2.31. The van der Waals surface area contributed by atoms with Gasteiger partial charge in [0.05, 0.1) is 6.20 Å². The number of aromatic nitrogens is 2. The summed E-state index contributed by atoms with van der Waals surface area (Å²) < 4.78 is 5.53. The first-order valence-electron chi connectivity index (χ1n) is 5.27. The number of hydrogen-bond donors (Lipinski definition) is 2. The van der Waals surface area contributed by atoms with Crippen molar-refractivity contribution in [3.63, 3.8) is 0 Å². The van der Waals surface area contributed by atoms with Crippen molar-refractivity contribution < 1.29 is 4.74 Å². The number of hydrogen-bond acceptors (Lipinski definition) is 3. The van der Waals surface area contributed by atoms with Crippen LogP contribution in [-0.2, 0) is 0 Å². The van der Waals surface area contributed by atoms with Crippen molar-refractivity contribution in [2.45, 2.75) is 0 Å². The minimum Gasteiger partial charge on any atom is -0.492 e. The highest BCUT2D eigenvalue weighted by atomic mass is 16.5. The SMILES string of the molecule is CNCCOc1ccc(-c2cn[nH]c2)cc1. The van der Waals surface area contributed by atoms with Gasteiger partial charge in [-0.2, -0.15) is 5.10 Å². The van der Waals surface area contributed by atoms with Gasteiger partial charge in [0, 0.05) is 18.3 Å². The number of benzene rings is 1. The number of likely N-dealkylation sites (N-methyl/N-ethyl adjacent to an activating group) is 1. The molecule has 1 heterocycles. The summed E-state index contributed by atoms with van der Waals surface area (Å²) in [5, 5.41) is 9.75. The molecule has 4 nitrogen and oxygen atoms in total. The zero-order valence-electron chi connectivity index (χ0n) is 9.23. The average molecular weight is 217 g/mol. The van der Waals surface area contributed by atoms with Crippen LogP contribution in [0.3, 0.4) is 0 Å². The molecule has 2 rings (SSSR count). The highest BCUT2D eigenvalue weighted by Crippen LogP contribution is 2.20. The Hall–Kier alpha value is -1.81. The van der Waals surface area contributed by atoms with Crippen molar-refractivity contribution in [1.82, 2.24) is 15.5 Å². The van der Waals surface area contributed by atoms with E-state index in [9.17, 15) is 0 Å². The summed E-state index contributed by atoms with van der Waals surface area (Å²) in [4.78, 5) is 0. The molecule has 16 heavy (non-hydrogen) atoms. The van der Waals surface area contributed by atoms with Gasteiger partial charge >= 0.3 is 0 Å². The van der Waals surface area contributed by atoms with Gasteiger partial charge in [0.25, 0.3) is 0 Å². The molecule has 2 N–H and O–H groups in total. The van der Waals surface area contributed by atoms with Gasteiger partial charge in [-0.1, -0.05) is 12.1 Å². The van der Waals surface area contributed by atoms with Crippen LogP contribution in [0.15, 0.2) is 36.7 Å². The van der Waals surface area contributed by atoms with E-state index in [2.05, 4.69) is 15.5 Å². The Bertz CT molecular complexity index is 408. The summed E-state index contributed by atoms with van der Waals surface area (Å²) in [6, 6.07) is 8.00. The lowest BCUT2D eigenvalue weighted by Gasteiger charge is -2.05. The maximum atomic E-state index is 5.53. The van der Waals surface area contributed by atoms with Crippen molar-refractivity contribution in [1.29, 1.82) is 0 Å². The quantitative estimate of drug-likeness (QED) is 0.749. The van der Waals surface area contributed by atoms with Crippen LogP contribution >= 0.6 is 0 Å². The fourth-order valence-electron chi connectivity index (χ4n) is 1.42. The van der Waals surface area contributed by atoms with Gasteiger partial charge < -0.3 is 10.1 Å². The van der Waals surface area contributed by atoms with Gasteiger partial charge in [-0.15, -0.1) is 0 Å². The van der Waals surface area contributed by atoms with Gasteiger partial charge in [0.2, 0.25) is 0 Å². The molecule has 0 spiro atoms. The molecule has 84 valence electrons. The second kappa shape index (κ2) is 5.32. The van der Waals surface area contributed by atoms with Crippen LogP contribution in [0.2, 0.25) is 0 Å². The van der Waals surface area contributed by atoms with Gasteiger partial charge in [-0.3, -0.25) is 5.10 Å². The Morgan fingerprint density at radius 1 is 1.25 bits per heavy atom. The smallest absolute Gasteiger partial charge is 0.119 e. The van der Waals surface area contributed by atoms with Gasteiger partial charge in [0.1, 0.15) is 12.4 Å². The fraction of sp³-hybridized carbons (Fsp3) is 0.250. The van der Waals surface area contributed by atoms with Crippen molar-refractivity contribution in [2.24, 2.45) is 0 Å². The lowest BCUT2D eigenvalue weighted by atomic mass is 10.1. The first-order valence-corrected chi connectivity index (χ1v) is 5.27. The van der Waals surface area contributed by atoms with Crippen LogP contribution in [0.25, 0.3) is 11.1 Å². The molecule has 0 aliphatic carbocycles. The number of ether oxygens (including phenoxy) is 1. The van der Waals surface area contributed by atoms with Gasteiger partial charge in [-0.05, 0) is 24.7 Å². The number of aromatic amines is 1. The van der Waals surface area contributed by atoms with E-state index in [-0.39, 0.29) is 0 Å². The zero-order chi connectivity index (χ0) is 11.2. The maximum absolute atomic E-state index is 5.53. The van der Waals surface area contributed by atoms with Crippen molar-refractivity contribution in [3.05, 3.63) is 36.7 Å². The highest BCUT2D eigenvalue weighted by molar-refractivity contribution is 5.62. The molecule has 2 aromatic rings. The monoisotopic (exact) mass is 217 g/mol. The molecule has 0 aliphatic rings. The summed E-state index contributed by atoms with van der Waals surface area (Å²) in [5.74, 6) is 0.891. The molecule has 1 aromatic heterocycles. The molecule has 0 atom stereocenters. The van der Waals surface area contributed by atoms with Crippen molar-refractivity contribution >= 4 is 0 Å². The summed E-state index contributed by atoms with van der Waals surface area (Å²) >= 11 is 0. The Morgan fingerprint density at radius 3 is 2.69 bits per heavy atom. The Labute approximate surface area is 94.6 Å². The lowest BCUT2D eigenvalue weighted by Crippen LogP contribution is -2.15. The molecule has 0 saturated carbocycles. The van der Waals surface area contributed by atoms with E-state index in [1.807, 2.05) is 37.5 Å². The molecule has 1 aromatic carbocycles. The van der Waals surface area contributed by atoms with E-state index in [0.29, 0.717) is 6.61 Å². The molecular weight excluding hydrogens is 202 g/mol. The molecule has 0 aliphatic heterocycles. The number of nitrogens with zero attached hydrogens (tertiary/aromatic N) is 1. The second-order valence-electron chi connectivity index (χ2n) is 3.46. The molecule has 0 saturated heterocycles. The Kier molecular flexibility index (Phi) is 3.56. The Balaban J connectivity index is 2.00. The van der Waals surface area contributed by atoms with Crippen LogP contribution < -0.4 is 10.1 Å². The number of nitrogens with one attached hydrogen (secondary N) is 2. The maximum Gasteiger partial charge on any atom is 0.119 e. The summed E-state index contributed by atoms with van der Waals surface area (Å²) in [6.07, 6.45) is 3.67. The van der Waals surface area contributed by atoms with Crippen LogP contribution in [0.4, 0.5) is 0 Å². The number of H-pyrrole nitrogens is 1. The summed E-state index contributed by atoms with van der Waals surface area (Å²) in [7, 11) is 1.91. The van der Waals surface area contributed by atoms with E-state index >= 15 is 0 Å². The van der Waals surface area contributed by atoms with E-state index in [1.165, 1.54) is 0 Å². The molecular formula is C12H15N3O. The predicted molar refractivity (Wildman–Crippen MR) is 63.4 cm³/mol. The highest BCUT2D eigenvalue weighted by Gasteiger charge is 1.99. The minimum absolute atomic E-state index is 0.682. The van der Waals surface area contributed by atoms with E-state index in [0.717, 1.165) is 23.4 Å². The molecule has 4 heteroatoms. The van der Waals surface area contributed by atoms with Crippen LogP contribution in [0, 0.1) is 0 Å². The third-order valence-corrected chi connectivity index (χ3v) is 2.31. The van der Waals surface area contributed by atoms with Crippen molar-refractivity contribution in [3.8, 4) is 16.9 Å². The van der Waals surface area contributed by atoms with Crippen LogP contribution in [-0.4, -0.2) is 30.4 Å². The molecule has 0 unspecified atom stereocenters. The van der Waals surface area contributed by atoms with E-state index in [1.54, 1.807) is 6.20 Å². The zero-order valence-corrected chi connectivity index (χ0v) is 9.23. The van der Waals surface area contributed by atoms with Gasteiger partial charge in [0.15, 0.2) is 0 Å². The fourth-order valence-corrected chi connectivity index (χ4v) is 1.42. The molecule has 0 bridgehead atoms. The normalized spacial score (nSPS) is 10.3. The van der Waals surface area contributed by atoms with E-state index < -0.39 is 0 Å². The van der Waals surface area contributed by atoms with Crippen LogP contribution in [0.5, 0.6) is 5.75 Å². The first-order chi connectivity index (χ1) is 7.90. The lowest BCUT2D eigenvalue weighted by molar-refractivity contribution is 0.318. The minimum atomic E-state index is 0.682.